The summed E-state index contributed by atoms with van der Waals surface area (Å²) in [6, 6.07) is 0.676. The molecular formula is C15H27N3S. The molecule has 108 valence electrons. The molecule has 0 aromatic carbocycles. The van der Waals surface area contributed by atoms with Gasteiger partial charge in [-0.15, -0.1) is 11.3 Å². The number of nitrogens with one attached hydrogen (secondary N) is 1. The molecule has 19 heavy (non-hydrogen) atoms. The summed E-state index contributed by atoms with van der Waals surface area (Å²) in [6.45, 7) is 13.3. The normalized spacial score (nSPS) is 20.5. The molecule has 1 N–H and O–H groups in total. The summed E-state index contributed by atoms with van der Waals surface area (Å²) >= 11 is 1.84. The van der Waals surface area contributed by atoms with Gasteiger partial charge >= 0.3 is 0 Å². The van der Waals surface area contributed by atoms with Gasteiger partial charge in [0.15, 0.2) is 5.13 Å². The van der Waals surface area contributed by atoms with E-state index in [0.717, 1.165) is 6.54 Å². The van der Waals surface area contributed by atoms with Gasteiger partial charge in [-0.3, -0.25) is 0 Å². The first-order valence-electron chi connectivity index (χ1n) is 7.33. The third kappa shape index (κ3) is 3.93. The van der Waals surface area contributed by atoms with Gasteiger partial charge in [-0.25, -0.2) is 4.98 Å². The van der Waals surface area contributed by atoms with Gasteiger partial charge in [-0.1, -0.05) is 13.8 Å². The topological polar surface area (TPSA) is 28.2 Å². The van der Waals surface area contributed by atoms with E-state index in [9.17, 15) is 0 Å². The number of anilines is 1. The number of thiazole rings is 1. The van der Waals surface area contributed by atoms with Crippen molar-refractivity contribution in [1.29, 1.82) is 0 Å². The zero-order valence-electron chi connectivity index (χ0n) is 12.9. The fourth-order valence-electron chi connectivity index (χ4n) is 2.59. The van der Waals surface area contributed by atoms with Crippen molar-refractivity contribution < 1.29 is 0 Å². The summed E-state index contributed by atoms with van der Waals surface area (Å²) in [4.78, 5) is 8.48. The summed E-state index contributed by atoms with van der Waals surface area (Å²) in [7, 11) is 0. The molecule has 4 heteroatoms. The molecular weight excluding hydrogens is 254 g/mol. The fourth-order valence-corrected chi connectivity index (χ4v) is 3.52. The van der Waals surface area contributed by atoms with Crippen molar-refractivity contribution in [2.45, 2.75) is 65.6 Å². The molecule has 1 aromatic rings. The maximum absolute atomic E-state index is 4.64. The van der Waals surface area contributed by atoms with Crippen LogP contribution in [0, 0.1) is 5.92 Å². The molecule has 1 aliphatic heterocycles. The molecule has 0 saturated carbocycles. The molecule has 1 aromatic heterocycles. The van der Waals surface area contributed by atoms with Crippen LogP contribution in [0.5, 0.6) is 0 Å². The quantitative estimate of drug-likeness (QED) is 0.913. The molecule has 1 saturated heterocycles. The Bertz CT molecular complexity index is 406. The number of rotatable bonds is 4. The van der Waals surface area contributed by atoms with Crippen LogP contribution in [-0.4, -0.2) is 23.1 Å². The van der Waals surface area contributed by atoms with Gasteiger partial charge in [0, 0.05) is 35.7 Å². The second kappa shape index (κ2) is 5.80. The highest BCUT2D eigenvalue weighted by Gasteiger charge is 2.29. The third-order valence-electron chi connectivity index (χ3n) is 3.65. The van der Waals surface area contributed by atoms with Crippen LogP contribution in [0.2, 0.25) is 0 Å². The predicted molar refractivity (Wildman–Crippen MR) is 83.9 cm³/mol. The number of aromatic nitrogens is 1. The lowest BCUT2D eigenvalue weighted by molar-refractivity contribution is 0.426. The Morgan fingerprint density at radius 2 is 2.21 bits per heavy atom. The monoisotopic (exact) mass is 281 g/mol. The molecule has 0 aliphatic carbocycles. The molecule has 0 amide bonds. The average molecular weight is 281 g/mol. The highest BCUT2D eigenvalue weighted by molar-refractivity contribution is 7.15. The lowest BCUT2D eigenvalue weighted by Gasteiger charge is -2.27. The van der Waals surface area contributed by atoms with Crippen LogP contribution in [0.1, 0.15) is 52.3 Å². The summed E-state index contributed by atoms with van der Waals surface area (Å²) < 4.78 is 0. The SMILES string of the molecule is CC(C)C1CCCN1c1ncc(CNC(C)(C)C)s1. The molecule has 0 bridgehead atoms. The number of hydrogen-bond donors (Lipinski definition) is 1. The van der Waals surface area contributed by atoms with E-state index in [0.29, 0.717) is 12.0 Å². The molecule has 1 aliphatic rings. The Labute approximate surface area is 121 Å². The molecule has 1 atom stereocenters. The minimum atomic E-state index is 0.165. The van der Waals surface area contributed by atoms with Gasteiger partial charge in [0.1, 0.15) is 0 Å². The second-order valence-corrected chi connectivity index (χ2v) is 7.95. The Hall–Kier alpha value is -0.610. The van der Waals surface area contributed by atoms with Gasteiger partial charge in [-0.2, -0.15) is 0 Å². The van der Waals surface area contributed by atoms with E-state index >= 15 is 0 Å². The first-order valence-corrected chi connectivity index (χ1v) is 8.15. The van der Waals surface area contributed by atoms with Crippen molar-refractivity contribution in [3.8, 4) is 0 Å². The lowest BCUT2D eigenvalue weighted by Crippen LogP contribution is -2.34. The van der Waals surface area contributed by atoms with Crippen LogP contribution in [0.25, 0.3) is 0 Å². The Balaban J connectivity index is 2.00. The summed E-state index contributed by atoms with van der Waals surface area (Å²) in [6.07, 6.45) is 4.65. The standard InChI is InChI=1S/C15H27N3S/c1-11(2)13-7-6-8-18(13)14-16-9-12(19-14)10-17-15(3,4)5/h9,11,13,17H,6-8,10H2,1-5H3. The first kappa shape index (κ1) is 14.8. The van der Waals surface area contributed by atoms with Crippen LogP contribution >= 0.6 is 11.3 Å². The van der Waals surface area contributed by atoms with Crippen LogP contribution in [0.4, 0.5) is 5.13 Å². The van der Waals surface area contributed by atoms with Crippen LogP contribution in [0.3, 0.4) is 0 Å². The van der Waals surface area contributed by atoms with Crippen LogP contribution < -0.4 is 10.2 Å². The van der Waals surface area contributed by atoms with E-state index in [4.69, 9.17) is 0 Å². The molecule has 1 unspecified atom stereocenters. The minimum Gasteiger partial charge on any atom is -0.345 e. The van der Waals surface area contributed by atoms with Crippen molar-refractivity contribution in [2.24, 2.45) is 5.92 Å². The molecule has 3 nitrogen and oxygen atoms in total. The van der Waals surface area contributed by atoms with E-state index in [1.54, 1.807) is 0 Å². The zero-order chi connectivity index (χ0) is 14.0. The highest BCUT2D eigenvalue weighted by atomic mass is 32.1. The van der Waals surface area contributed by atoms with Gasteiger partial charge in [0.2, 0.25) is 0 Å². The Morgan fingerprint density at radius 3 is 2.84 bits per heavy atom. The first-order chi connectivity index (χ1) is 8.87. The zero-order valence-corrected chi connectivity index (χ0v) is 13.7. The average Bonchev–Trinajstić information content (AvgIpc) is 2.94. The largest absolute Gasteiger partial charge is 0.345 e. The van der Waals surface area contributed by atoms with Gasteiger partial charge in [0.25, 0.3) is 0 Å². The van der Waals surface area contributed by atoms with Gasteiger partial charge in [0.05, 0.1) is 0 Å². The summed E-state index contributed by atoms with van der Waals surface area (Å²) in [5.74, 6) is 0.711. The van der Waals surface area contributed by atoms with E-state index < -0.39 is 0 Å². The van der Waals surface area contributed by atoms with Crippen molar-refractivity contribution in [3.63, 3.8) is 0 Å². The molecule has 0 spiro atoms. The fraction of sp³-hybridized carbons (Fsp3) is 0.800. The number of nitrogens with zero attached hydrogens (tertiary/aromatic N) is 2. The lowest BCUT2D eigenvalue weighted by atomic mass is 10.0. The number of hydrogen-bond acceptors (Lipinski definition) is 4. The van der Waals surface area contributed by atoms with Crippen molar-refractivity contribution in [3.05, 3.63) is 11.1 Å². The maximum Gasteiger partial charge on any atom is 0.185 e. The molecule has 1 fully saturated rings. The van der Waals surface area contributed by atoms with Crippen molar-refractivity contribution >= 4 is 16.5 Å². The second-order valence-electron chi connectivity index (χ2n) is 6.86. The van der Waals surface area contributed by atoms with Gasteiger partial charge in [-0.05, 0) is 39.5 Å². The highest BCUT2D eigenvalue weighted by Crippen LogP contribution is 2.32. The van der Waals surface area contributed by atoms with Crippen LogP contribution in [0.15, 0.2) is 6.20 Å². The van der Waals surface area contributed by atoms with E-state index in [2.05, 4.69) is 49.8 Å². The molecule has 0 radical (unpaired) electrons. The smallest absolute Gasteiger partial charge is 0.185 e. The third-order valence-corrected chi connectivity index (χ3v) is 4.68. The Morgan fingerprint density at radius 1 is 1.47 bits per heavy atom. The van der Waals surface area contributed by atoms with Crippen LogP contribution in [-0.2, 0) is 6.54 Å². The molecule has 2 rings (SSSR count). The van der Waals surface area contributed by atoms with Crippen molar-refractivity contribution in [2.75, 3.05) is 11.4 Å². The Kier molecular flexibility index (Phi) is 4.51. The van der Waals surface area contributed by atoms with E-state index in [1.807, 2.05) is 17.5 Å². The summed E-state index contributed by atoms with van der Waals surface area (Å²) in [5, 5.41) is 4.74. The van der Waals surface area contributed by atoms with Gasteiger partial charge < -0.3 is 10.2 Å². The molecule has 2 heterocycles. The van der Waals surface area contributed by atoms with E-state index in [-0.39, 0.29) is 5.54 Å². The maximum atomic E-state index is 4.64. The minimum absolute atomic E-state index is 0.165. The predicted octanol–water partition coefficient (Wildman–Crippen LogP) is 3.66. The van der Waals surface area contributed by atoms with E-state index in [1.165, 1.54) is 29.4 Å². The van der Waals surface area contributed by atoms with Crippen molar-refractivity contribution in [1.82, 2.24) is 10.3 Å². The summed E-state index contributed by atoms with van der Waals surface area (Å²) in [5.41, 5.74) is 0.165.